The van der Waals surface area contributed by atoms with Crippen molar-refractivity contribution >= 4 is 41.5 Å². The standard InChI is InChI=1S/C19H32ClN5.HI/c1-4-21-19(23-15-17-6-8-18(20)9-7-17)22-14-16(3)25-12-10-24(5-2)11-13-25;/h6-9,16H,4-5,10-15H2,1-3H3,(H2,21,22,23);1H. The van der Waals surface area contributed by atoms with Gasteiger partial charge in [-0.05, 0) is 38.1 Å². The lowest BCUT2D eigenvalue weighted by Gasteiger charge is -2.37. The van der Waals surface area contributed by atoms with Crippen molar-refractivity contribution < 1.29 is 0 Å². The Bertz CT molecular complexity index is 529. The average Bonchev–Trinajstić information content (AvgIpc) is 2.65. The molecule has 1 aliphatic heterocycles. The quantitative estimate of drug-likeness (QED) is 0.348. The predicted molar refractivity (Wildman–Crippen MR) is 123 cm³/mol. The second-order valence-electron chi connectivity index (χ2n) is 6.52. The number of nitrogens with zero attached hydrogens (tertiary/aromatic N) is 3. The van der Waals surface area contributed by atoms with Gasteiger partial charge < -0.3 is 15.5 Å². The molecule has 1 aromatic rings. The molecule has 1 aromatic carbocycles. The van der Waals surface area contributed by atoms with Crippen LogP contribution in [0.1, 0.15) is 26.3 Å². The molecule has 0 amide bonds. The maximum Gasteiger partial charge on any atom is 0.191 e. The van der Waals surface area contributed by atoms with Crippen molar-refractivity contribution in [2.45, 2.75) is 33.4 Å². The first kappa shape index (κ1) is 23.5. The Hall–Kier alpha value is -0.570. The molecule has 0 spiro atoms. The van der Waals surface area contributed by atoms with Crippen LogP contribution in [0.4, 0.5) is 0 Å². The molecule has 0 aromatic heterocycles. The average molecular weight is 494 g/mol. The van der Waals surface area contributed by atoms with E-state index in [0.29, 0.717) is 12.6 Å². The Morgan fingerprint density at radius 1 is 1.12 bits per heavy atom. The summed E-state index contributed by atoms with van der Waals surface area (Å²) in [5.41, 5.74) is 1.16. The molecular weight excluding hydrogens is 461 g/mol. The van der Waals surface area contributed by atoms with E-state index in [2.05, 4.69) is 46.2 Å². The number of guanidine groups is 1. The van der Waals surface area contributed by atoms with Crippen molar-refractivity contribution in [2.24, 2.45) is 4.99 Å². The minimum absolute atomic E-state index is 0. The fraction of sp³-hybridized carbons (Fsp3) is 0.632. The van der Waals surface area contributed by atoms with Crippen molar-refractivity contribution in [3.63, 3.8) is 0 Å². The highest BCUT2D eigenvalue weighted by Crippen LogP contribution is 2.10. The molecule has 0 radical (unpaired) electrons. The number of hydrogen-bond donors (Lipinski definition) is 2. The summed E-state index contributed by atoms with van der Waals surface area (Å²) in [6.45, 7) is 14.8. The largest absolute Gasteiger partial charge is 0.357 e. The van der Waals surface area contributed by atoms with Gasteiger partial charge in [0.15, 0.2) is 5.96 Å². The fourth-order valence-corrected chi connectivity index (χ4v) is 3.12. The Morgan fingerprint density at radius 3 is 2.35 bits per heavy atom. The van der Waals surface area contributed by atoms with E-state index in [4.69, 9.17) is 11.6 Å². The Labute approximate surface area is 180 Å². The van der Waals surface area contributed by atoms with Crippen LogP contribution in [-0.2, 0) is 6.54 Å². The third kappa shape index (κ3) is 7.98. The number of hydrogen-bond acceptors (Lipinski definition) is 3. The molecule has 7 heteroatoms. The van der Waals surface area contributed by atoms with Crippen LogP contribution in [0.2, 0.25) is 5.02 Å². The lowest BCUT2D eigenvalue weighted by atomic mass is 10.2. The Morgan fingerprint density at radius 2 is 1.77 bits per heavy atom. The number of piperazine rings is 1. The molecule has 1 saturated heterocycles. The monoisotopic (exact) mass is 493 g/mol. The zero-order valence-corrected chi connectivity index (χ0v) is 19.3. The van der Waals surface area contributed by atoms with Crippen molar-refractivity contribution in [3.05, 3.63) is 34.9 Å². The molecule has 148 valence electrons. The van der Waals surface area contributed by atoms with E-state index in [-0.39, 0.29) is 24.0 Å². The van der Waals surface area contributed by atoms with E-state index in [9.17, 15) is 0 Å². The summed E-state index contributed by atoms with van der Waals surface area (Å²) < 4.78 is 0. The van der Waals surface area contributed by atoms with E-state index in [1.54, 1.807) is 0 Å². The van der Waals surface area contributed by atoms with Gasteiger partial charge >= 0.3 is 0 Å². The maximum absolute atomic E-state index is 5.93. The molecule has 5 nitrogen and oxygen atoms in total. The van der Waals surface area contributed by atoms with Gasteiger partial charge in [0.25, 0.3) is 0 Å². The van der Waals surface area contributed by atoms with Crippen molar-refractivity contribution in [2.75, 3.05) is 45.8 Å². The molecule has 1 fully saturated rings. The molecule has 0 bridgehead atoms. The summed E-state index contributed by atoms with van der Waals surface area (Å²) in [4.78, 5) is 9.75. The van der Waals surface area contributed by atoms with Gasteiger partial charge in [-0.1, -0.05) is 30.7 Å². The van der Waals surface area contributed by atoms with Crippen LogP contribution < -0.4 is 10.6 Å². The highest BCUT2D eigenvalue weighted by Gasteiger charge is 2.20. The first-order chi connectivity index (χ1) is 12.1. The van der Waals surface area contributed by atoms with E-state index in [1.807, 2.05) is 24.3 Å². The van der Waals surface area contributed by atoms with Crippen molar-refractivity contribution in [3.8, 4) is 0 Å². The van der Waals surface area contributed by atoms with Gasteiger partial charge in [0.2, 0.25) is 0 Å². The number of benzene rings is 1. The maximum atomic E-state index is 5.93. The highest BCUT2D eigenvalue weighted by atomic mass is 127. The number of aliphatic imine (C=N–C) groups is 1. The van der Waals surface area contributed by atoms with Crippen LogP contribution in [-0.4, -0.2) is 67.6 Å². The van der Waals surface area contributed by atoms with Crippen molar-refractivity contribution in [1.29, 1.82) is 0 Å². The number of likely N-dealkylation sites (N-methyl/N-ethyl adjacent to an activating group) is 1. The number of halogens is 2. The topological polar surface area (TPSA) is 42.9 Å². The van der Waals surface area contributed by atoms with Gasteiger partial charge in [0.1, 0.15) is 0 Å². The zero-order valence-electron chi connectivity index (χ0n) is 16.2. The third-order valence-corrected chi connectivity index (χ3v) is 4.97. The molecule has 1 heterocycles. The fourth-order valence-electron chi connectivity index (χ4n) is 3.00. The lowest BCUT2D eigenvalue weighted by Crippen LogP contribution is -2.53. The van der Waals surface area contributed by atoms with E-state index in [0.717, 1.165) is 49.3 Å². The minimum atomic E-state index is 0. The molecular formula is C19H33ClIN5. The van der Waals surface area contributed by atoms with Crippen LogP contribution in [0.25, 0.3) is 0 Å². The van der Waals surface area contributed by atoms with Gasteiger partial charge in [-0.15, -0.1) is 24.0 Å². The predicted octanol–water partition coefficient (Wildman–Crippen LogP) is 3.04. The Kier molecular flexibility index (Phi) is 11.5. The van der Waals surface area contributed by atoms with Gasteiger partial charge in [-0.3, -0.25) is 4.90 Å². The van der Waals surface area contributed by atoms with Crippen LogP contribution in [0, 0.1) is 0 Å². The smallest absolute Gasteiger partial charge is 0.191 e. The first-order valence-corrected chi connectivity index (χ1v) is 9.73. The molecule has 1 aliphatic rings. The minimum Gasteiger partial charge on any atom is -0.357 e. The normalized spacial score (nSPS) is 17.5. The van der Waals surface area contributed by atoms with Crippen LogP contribution in [0.3, 0.4) is 0 Å². The van der Waals surface area contributed by atoms with Gasteiger partial charge in [0.05, 0.1) is 6.54 Å². The molecule has 26 heavy (non-hydrogen) atoms. The van der Waals surface area contributed by atoms with Gasteiger partial charge in [0, 0.05) is 50.3 Å². The van der Waals surface area contributed by atoms with E-state index in [1.165, 1.54) is 13.1 Å². The first-order valence-electron chi connectivity index (χ1n) is 9.35. The lowest BCUT2D eigenvalue weighted by molar-refractivity contribution is 0.107. The number of rotatable bonds is 7. The van der Waals surface area contributed by atoms with Crippen LogP contribution in [0.5, 0.6) is 0 Å². The summed E-state index contributed by atoms with van der Waals surface area (Å²) >= 11 is 5.93. The van der Waals surface area contributed by atoms with Crippen molar-refractivity contribution in [1.82, 2.24) is 20.4 Å². The summed E-state index contributed by atoms with van der Waals surface area (Å²) in [6.07, 6.45) is 0. The van der Waals surface area contributed by atoms with Gasteiger partial charge in [-0.2, -0.15) is 0 Å². The second-order valence-corrected chi connectivity index (χ2v) is 6.96. The summed E-state index contributed by atoms with van der Waals surface area (Å²) in [5, 5.41) is 7.57. The summed E-state index contributed by atoms with van der Waals surface area (Å²) in [7, 11) is 0. The summed E-state index contributed by atoms with van der Waals surface area (Å²) in [5.74, 6) is 0.872. The van der Waals surface area contributed by atoms with Crippen LogP contribution >= 0.6 is 35.6 Å². The van der Waals surface area contributed by atoms with E-state index < -0.39 is 0 Å². The third-order valence-electron chi connectivity index (χ3n) is 4.72. The second kappa shape index (κ2) is 12.8. The highest BCUT2D eigenvalue weighted by molar-refractivity contribution is 14.0. The summed E-state index contributed by atoms with van der Waals surface area (Å²) in [6, 6.07) is 8.35. The SMILES string of the molecule is CCNC(=NCc1ccc(Cl)cc1)NCC(C)N1CCN(CC)CC1.I. The molecule has 0 saturated carbocycles. The zero-order chi connectivity index (χ0) is 18.1. The molecule has 0 aliphatic carbocycles. The molecule has 2 rings (SSSR count). The molecule has 1 atom stereocenters. The van der Waals surface area contributed by atoms with E-state index >= 15 is 0 Å². The molecule has 1 unspecified atom stereocenters. The van der Waals surface area contributed by atoms with Gasteiger partial charge in [-0.25, -0.2) is 4.99 Å². The molecule has 2 N–H and O–H groups in total. The number of nitrogens with one attached hydrogen (secondary N) is 2. The van der Waals surface area contributed by atoms with Crippen LogP contribution in [0.15, 0.2) is 29.3 Å². The Balaban J connectivity index is 0.00000338.